The van der Waals surface area contributed by atoms with E-state index in [0.29, 0.717) is 6.42 Å². The van der Waals surface area contributed by atoms with Gasteiger partial charge in [-0.05, 0) is 7.05 Å². The smallest absolute Gasteiger partial charge is 0.222 e. The molecule has 0 aromatic rings. The Balaban J connectivity index is 0. The van der Waals surface area contributed by atoms with Crippen LogP contribution in [-0.2, 0) is 9.59 Å². The number of piperazine rings is 1. The molecule has 4 heteroatoms. The Labute approximate surface area is 93.2 Å². The van der Waals surface area contributed by atoms with Crippen molar-refractivity contribution in [2.75, 3.05) is 33.2 Å². The summed E-state index contributed by atoms with van der Waals surface area (Å²) in [7, 11) is 2.09. The van der Waals surface area contributed by atoms with Gasteiger partial charge in [0.25, 0.3) is 0 Å². The summed E-state index contributed by atoms with van der Waals surface area (Å²) in [6.07, 6.45) is 0.643. The number of amides is 1. The topological polar surface area (TPSA) is 40.6 Å². The molecule has 0 N–H and O–H groups in total. The van der Waals surface area contributed by atoms with Gasteiger partial charge in [0.1, 0.15) is 6.79 Å². The van der Waals surface area contributed by atoms with Crippen molar-refractivity contribution < 1.29 is 9.59 Å². The van der Waals surface area contributed by atoms with E-state index >= 15 is 0 Å². The third kappa shape index (κ3) is 7.08. The fraction of sp³-hybridized carbons (Fsp3) is 0.818. The Morgan fingerprint density at radius 2 is 1.53 bits per heavy atom. The van der Waals surface area contributed by atoms with E-state index < -0.39 is 0 Å². The van der Waals surface area contributed by atoms with Gasteiger partial charge in [-0.3, -0.25) is 4.79 Å². The van der Waals surface area contributed by atoms with Crippen LogP contribution in [0.15, 0.2) is 0 Å². The van der Waals surface area contributed by atoms with E-state index in [1.165, 1.54) is 0 Å². The Kier molecular flexibility index (Phi) is 12.3. The van der Waals surface area contributed by atoms with Crippen molar-refractivity contribution in [1.82, 2.24) is 9.80 Å². The maximum absolute atomic E-state index is 11.2. The molecule has 0 aromatic heterocycles. The Morgan fingerprint density at radius 3 is 1.87 bits per heavy atom. The van der Waals surface area contributed by atoms with E-state index in [4.69, 9.17) is 4.79 Å². The van der Waals surface area contributed by atoms with Gasteiger partial charge in [0.15, 0.2) is 0 Å². The Hall–Kier alpha value is -0.900. The molecule has 0 aliphatic carbocycles. The monoisotopic (exact) mass is 216 g/mol. The normalized spacial score (nSPS) is 15.6. The van der Waals surface area contributed by atoms with Crippen molar-refractivity contribution in [3.8, 4) is 0 Å². The molecule has 1 rings (SSSR count). The molecule has 0 unspecified atom stereocenters. The molecule has 0 bridgehead atoms. The lowest BCUT2D eigenvalue weighted by Gasteiger charge is -2.32. The van der Waals surface area contributed by atoms with Crippen LogP contribution in [0.1, 0.15) is 27.2 Å². The van der Waals surface area contributed by atoms with E-state index in [9.17, 15) is 4.79 Å². The number of carbonyl (C=O) groups excluding carboxylic acids is 2. The van der Waals surface area contributed by atoms with Crippen molar-refractivity contribution >= 4 is 12.7 Å². The second-order valence-corrected chi connectivity index (χ2v) is 3.04. The highest BCUT2D eigenvalue weighted by atomic mass is 16.2. The first-order valence-corrected chi connectivity index (χ1v) is 5.49. The number of likely N-dealkylation sites (N-methyl/N-ethyl adjacent to an activating group) is 1. The van der Waals surface area contributed by atoms with Crippen molar-refractivity contribution in [3.63, 3.8) is 0 Å². The van der Waals surface area contributed by atoms with Crippen LogP contribution in [0.2, 0.25) is 0 Å². The lowest BCUT2D eigenvalue weighted by molar-refractivity contribution is -0.132. The molecule has 4 nitrogen and oxygen atoms in total. The molecule has 1 aliphatic heterocycles. The molecule has 1 amide bonds. The molecular weight excluding hydrogens is 192 g/mol. The van der Waals surface area contributed by atoms with Gasteiger partial charge in [-0.25, -0.2) is 0 Å². The predicted octanol–water partition coefficient (Wildman–Crippen LogP) is 1.01. The SMILES string of the molecule is C=O.CC.CCC(=O)N1CCN(C)CC1. The second-order valence-electron chi connectivity index (χ2n) is 3.04. The van der Waals surface area contributed by atoms with Crippen LogP contribution < -0.4 is 0 Å². The quantitative estimate of drug-likeness (QED) is 0.657. The van der Waals surface area contributed by atoms with Gasteiger partial charge in [0.2, 0.25) is 5.91 Å². The second kappa shape index (κ2) is 11.2. The highest BCUT2D eigenvalue weighted by Crippen LogP contribution is 2.00. The largest absolute Gasteiger partial charge is 0.340 e. The minimum atomic E-state index is 0.290. The molecule has 1 fully saturated rings. The average molecular weight is 216 g/mol. The van der Waals surface area contributed by atoms with Crippen molar-refractivity contribution in [2.24, 2.45) is 0 Å². The van der Waals surface area contributed by atoms with Gasteiger partial charge in [-0.15, -0.1) is 0 Å². The van der Waals surface area contributed by atoms with Crippen LogP contribution in [-0.4, -0.2) is 55.7 Å². The van der Waals surface area contributed by atoms with Crippen LogP contribution in [0.4, 0.5) is 0 Å². The zero-order valence-corrected chi connectivity index (χ0v) is 10.5. The summed E-state index contributed by atoms with van der Waals surface area (Å²) in [6, 6.07) is 0. The first-order valence-electron chi connectivity index (χ1n) is 5.49. The van der Waals surface area contributed by atoms with Gasteiger partial charge in [0, 0.05) is 32.6 Å². The summed E-state index contributed by atoms with van der Waals surface area (Å²) < 4.78 is 0. The zero-order valence-electron chi connectivity index (χ0n) is 10.5. The van der Waals surface area contributed by atoms with E-state index in [1.54, 1.807) is 0 Å². The van der Waals surface area contributed by atoms with Gasteiger partial charge in [-0.2, -0.15) is 0 Å². The number of carbonyl (C=O) groups is 2. The summed E-state index contributed by atoms with van der Waals surface area (Å²) in [6.45, 7) is 11.8. The fourth-order valence-corrected chi connectivity index (χ4v) is 1.28. The number of hydrogen-bond donors (Lipinski definition) is 0. The van der Waals surface area contributed by atoms with Crippen LogP contribution in [0.5, 0.6) is 0 Å². The lowest BCUT2D eigenvalue weighted by Crippen LogP contribution is -2.46. The van der Waals surface area contributed by atoms with Gasteiger partial charge >= 0.3 is 0 Å². The standard InChI is InChI=1S/C8H16N2O.C2H6.CH2O/c1-3-8(11)10-6-4-9(2)5-7-10;2*1-2/h3-7H2,1-2H3;1-2H3;1H2. The molecule has 1 aliphatic rings. The van der Waals surface area contributed by atoms with E-state index in [1.807, 2.05) is 32.5 Å². The van der Waals surface area contributed by atoms with Crippen LogP contribution in [0.3, 0.4) is 0 Å². The first-order chi connectivity index (χ1) is 7.24. The molecular formula is C11H24N2O2. The third-order valence-corrected chi connectivity index (χ3v) is 2.16. The molecule has 15 heavy (non-hydrogen) atoms. The minimum Gasteiger partial charge on any atom is -0.340 e. The Bertz CT molecular complexity index is 155. The molecule has 1 heterocycles. The predicted molar refractivity (Wildman–Crippen MR) is 62.8 cm³/mol. The first kappa shape index (κ1) is 16.5. The summed E-state index contributed by atoms with van der Waals surface area (Å²) in [5.41, 5.74) is 0. The lowest BCUT2D eigenvalue weighted by atomic mass is 10.3. The fourth-order valence-electron chi connectivity index (χ4n) is 1.28. The van der Waals surface area contributed by atoms with E-state index in [-0.39, 0.29) is 5.91 Å². The molecule has 0 radical (unpaired) electrons. The van der Waals surface area contributed by atoms with Gasteiger partial charge in [-0.1, -0.05) is 20.8 Å². The number of rotatable bonds is 1. The molecule has 0 aromatic carbocycles. The van der Waals surface area contributed by atoms with Gasteiger partial charge in [0.05, 0.1) is 0 Å². The average Bonchev–Trinajstić information content (AvgIpc) is 2.34. The Morgan fingerprint density at radius 1 is 1.13 bits per heavy atom. The van der Waals surface area contributed by atoms with Crippen LogP contribution in [0.25, 0.3) is 0 Å². The molecule has 1 saturated heterocycles. The zero-order chi connectivity index (χ0) is 12.3. The highest BCUT2D eigenvalue weighted by Gasteiger charge is 2.16. The molecule has 0 spiro atoms. The number of hydrogen-bond acceptors (Lipinski definition) is 3. The van der Waals surface area contributed by atoms with Crippen LogP contribution >= 0.6 is 0 Å². The summed E-state index contributed by atoms with van der Waals surface area (Å²) >= 11 is 0. The maximum atomic E-state index is 11.2. The third-order valence-electron chi connectivity index (χ3n) is 2.16. The van der Waals surface area contributed by atoms with E-state index in [2.05, 4.69) is 11.9 Å². The molecule has 0 saturated carbocycles. The minimum absolute atomic E-state index is 0.290. The van der Waals surface area contributed by atoms with Crippen molar-refractivity contribution in [1.29, 1.82) is 0 Å². The van der Waals surface area contributed by atoms with Crippen molar-refractivity contribution in [3.05, 3.63) is 0 Å². The maximum Gasteiger partial charge on any atom is 0.222 e. The van der Waals surface area contributed by atoms with Gasteiger partial charge < -0.3 is 14.6 Å². The van der Waals surface area contributed by atoms with Crippen LogP contribution in [0, 0.1) is 0 Å². The summed E-state index contributed by atoms with van der Waals surface area (Å²) in [4.78, 5) is 23.4. The molecule has 0 atom stereocenters. The van der Waals surface area contributed by atoms with Crippen molar-refractivity contribution in [2.45, 2.75) is 27.2 Å². The molecule has 90 valence electrons. The summed E-state index contributed by atoms with van der Waals surface area (Å²) in [5, 5.41) is 0. The summed E-state index contributed by atoms with van der Waals surface area (Å²) in [5.74, 6) is 0.290. The van der Waals surface area contributed by atoms with E-state index in [0.717, 1.165) is 26.2 Å². The highest BCUT2D eigenvalue weighted by molar-refractivity contribution is 5.75. The number of nitrogens with zero attached hydrogens (tertiary/aromatic N) is 2.